The molecule has 0 aliphatic carbocycles. The molecule has 188 valence electrons. The SMILES string of the molecule is COc1ccc(C)c(-c2cnc3c(c(Sc4ccccc4)cn3S(=O)(=O)c3ccc(C)cc3)c2Cl)c1C. The van der Waals surface area contributed by atoms with E-state index >= 15 is 0 Å². The molecule has 3 aromatic carbocycles. The van der Waals surface area contributed by atoms with Gasteiger partial charge in [0.25, 0.3) is 10.0 Å². The Kier molecular flexibility index (Phi) is 6.79. The van der Waals surface area contributed by atoms with E-state index in [1.807, 2.05) is 63.2 Å². The average Bonchev–Trinajstić information content (AvgIpc) is 3.26. The fourth-order valence-electron chi connectivity index (χ4n) is 4.44. The summed E-state index contributed by atoms with van der Waals surface area (Å²) < 4.78 is 34.3. The quantitative estimate of drug-likeness (QED) is 0.218. The van der Waals surface area contributed by atoms with Crippen molar-refractivity contribution in [1.82, 2.24) is 8.96 Å². The van der Waals surface area contributed by atoms with E-state index < -0.39 is 10.0 Å². The highest BCUT2D eigenvalue weighted by Crippen LogP contribution is 2.44. The molecule has 0 aliphatic rings. The Morgan fingerprint density at radius 1 is 0.946 bits per heavy atom. The van der Waals surface area contributed by atoms with Gasteiger partial charge in [-0.25, -0.2) is 17.4 Å². The molecule has 0 saturated carbocycles. The third-order valence-electron chi connectivity index (χ3n) is 6.35. The Hall–Kier alpha value is -3.26. The lowest BCUT2D eigenvalue weighted by molar-refractivity contribution is 0.412. The van der Waals surface area contributed by atoms with E-state index in [9.17, 15) is 8.42 Å². The summed E-state index contributed by atoms with van der Waals surface area (Å²) in [6.45, 7) is 5.91. The number of methoxy groups -OCH3 is 1. The number of hydrogen-bond donors (Lipinski definition) is 0. The van der Waals surface area contributed by atoms with Crippen LogP contribution in [-0.2, 0) is 10.0 Å². The van der Waals surface area contributed by atoms with Crippen LogP contribution in [0.15, 0.2) is 93.8 Å². The summed E-state index contributed by atoms with van der Waals surface area (Å²) in [5.41, 5.74) is 4.87. The molecule has 5 nitrogen and oxygen atoms in total. The van der Waals surface area contributed by atoms with E-state index in [-0.39, 0.29) is 10.5 Å². The first kappa shape index (κ1) is 25.4. The molecule has 0 bridgehead atoms. The number of halogens is 1. The van der Waals surface area contributed by atoms with Crippen LogP contribution in [0.4, 0.5) is 0 Å². The summed E-state index contributed by atoms with van der Waals surface area (Å²) >= 11 is 8.57. The molecule has 0 unspecified atom stereocenters. The van der Waals surface area contributed by atoms with Gasteiger partial charge in [-0.1, -0.05) is 65.3 Å². The van der Waals surface area contributed by atoms with Crippen molar-refractivity contribution in [2.24, 2.45) is 0 Å². The maximum atomic E-state index is 13.7. The fraction of sp³-hybridized carbons (Fsp3) is 0.138. The smallest absolute Gasteiger partial charge is 0.269 e. The Morgan fingerprint density at radius 3 is 2.32 bits per heavy atom. The number of aromatic nitrogens is 2. The van der Waals surface area contributed by atoms with Crippen LogP contribution >= 0.6 is 23.4 Å². The Labute approximate surface area is 226 Å². The molecule has 5 rings (SSSR count). The van der Waals surface area contributed by atoms with E-state index in [2.05, 4.69) is 4.98 Å². The molecule has 0 amide bonds. The van der Waals surface area contributed by atoms with Gasteiger partial charge in [0.15, 0.2) is 5.65 Å². The molecule has 0 radical (unpaired) electrons. The van der Waals surface area contributed by atoms with Crippen molar-refractivity contribution in [3.63, 3.8) is 0 Å². The normalized spacial score (nSPS) is 11.7. The molecule has 0 saturated heterocycles. The molecule has 0 spiro atoms. The molecular weight excluding hydrogens is 524 g/mol. The van der Waals surface area contributed by atoms with Crippen molar-refractivity contribution in [3.8, 4) is 16.9 Å². The predicted molar refractivity (Wildman–Crippen MR) is 151 cm³/mol. The minimum absolute atomic E-state index is 0.188. The molecule has 5 aromatic rings. The van der Waals surface area contributed by atoms with E-state index in [0.29, 0.717) is 15.3 Å². The number of benzene rings is 3. The minimum Gasteiger partial charge on any atom is -0.496 e. The van der Waals surface area contributed by atoms with Gasteiger partial charge < -0.3 is 4.74 Å². The summed E-state index contributed by atoms with van der Waals surface area (Å²) in [6.07, 6.45) is 3.27. The van der Waals surface area contributed by atoms with Crippen LogP contribution in [-0.4, -0.2) is 24.5 Å². The zero-order valence-electron chi connectivity index (χ0n) is 20.8. The van der Waals surface area contributed by atoms with E-state index in [1.165, 1.54) is 15.7 Å². The zero-order chi connectivity index (χ0) is 26.3. The minimum atomic E-state index is -3.91. The largest absolute Gasteiger partial charge is 0.496 e. The molecule has 0 fully saturated rings. The van der Waals surface area contributed by atoms with E-state index in [1.54, 1.807) is 43.8 Å². The number of rotatable bonds is 6. The summed E-state index contributed by atoms with van der Waals surface area (Å²) in [5.74, 6) is 0.746. The Bertz CT molecular complexity index is 1730. The molecule has 37 heavy (non-hydrogen) atoms. The van der Waals surface area contributed by atoms with Gasteiger partial charge in [-0.05, 0) is 67.8 Å². The number of aryl methyl sites for hydroxylation is 2. The van der Waals surface area contributed by atoms with Gasteiger partial charge in [0.05, 0.1) is 22.4 Å². The third kappa shape index (κ3) is 4.52. The second-order valence-corrected chi connectivity index (χ2v) is 12.1. The fourth-order valence-corrected chi connectivity index (χ4v) is 7.21. The van der Waals surface area contributed by atoms with Crippen LogP contribution in [0.3, 0.4) is 0 Å². The van der Waals surface area contributed by atoms with Crippen molar-refractivity contribution < 1.29 is 13.2 Å². The second kappa shape index (κ2) is 9.89. The van der Waals surface area contributed by atoms with Gasteiger partial charge in [0.1, 0.15) is 5.75 Å². The van der Waals surface area contributed by atoms with Gasteiger partial charge in [-0.3, -0.25) is 0 Å². The van der Waals surface area contributed by atoms with Crippen LogP contribution in [0.1, 0.15) is 16.7 Å². The van der Waals surface area contributed by atoms with E-state index in [0.717, 1.165) is 38.5 Å². The topological polar surface area (TPSA) is 61.2 Å². The van der Waals surface area contributed by atoms with Crippen molar-refractivity contribution in [1.29, 1.82) is 0 Å². The van der Waals surface area contributed by atoms with Crippen LogP contribution in [0, 0.1) is 20.8 Å². The van der Waals surface area contributed by atoms with Crippen LogP contribution in [0.5, 0.6) is 5.75 Å². The highest BCUT2D eigenvalue weighted by molar-refractivity contribution is 7.99. The maximum Gasteiger partial charge on any atom is 0.269 e. The lowest BCUT2D eigenvalue weighted by Crippen LogP contribution is -2.12. The average molecular weight is 549 g/mol. The Balaban J connectivity index is 1.79. The first-order chi connectivity index (χ1) is 17.7. The highest BCUT2D eigenvalue weighted by atomic mass is 35.5. The lowest BCUT2D eigenvalue weighted by Gasteiger charge is -2.15. The van der Waals surface area contributed by atoms with Crippen LogP contribution in [0.25, 0.3) is 22.2 Å². The monoisotopic (exact) mass is 548 g/mol. The zero-order valence-corrected chi connectivity index (χ0v) is 23.2. The first-order valence-corrected chi connectivity index (χ1v) is 14.2. The van der Waals surface area contributed by atoms with Gasteiger partial charge in [-0.15, -0.1) is 0 Å². The second-order valence-electron chi connectivity index (χ2n) is 8.79. The highest BCUT2D eigenvalue weighted by Gasteiger charge is 2.26. The molecule has 2 heterocycles. The summed E-state index contributed by atoms with van der Waals surface area (Å²) in [6, 6.07) is 20.5. The number of fused-ring (bicyclic) bond motifs is 1. The molecule has 0 aliphatic heterocycles. The molecule has 8 heteroatoms. The third-order valence-corrected chi connectivity index (χ3v) is 9.44. The van der Waals surface area contributed by atoms with Crippen molar-refractivity contribution >= 4 is 44.4 Å². The number of pyridine rings is 1. The predicted octanol–water partition coefficient (Wildman–Crippen LogP) is 7.68. The van der Waals surface area contributed by atoms with Crippen molar-refractivity contribution in [2.45, 2.75) is 35.5 Å². The van der Waals surface area contributed by atoms with E-state index in [4.69, 9.17) is 16.3 Å². The van der Waals surface area contributed by atoms with Crippen molar-refractivity contribution in [3.05, 3.63) is 101 Å². The summed E-state index contributed by atoms with van der Waals surface area (Å²) in [5, 5.41) is 1.03. The molecule has 2 aromatic heterocycles. The molecular formula is C29H25ClN2O3S2. The Morgan fingerprint density at radius 2 is 1.65 bits per heavy atom. The van der Waals surface area contributed by atoms with Crippen LogP contribution < -0.4 is 4.74 Å². The maximum absolute atomic E-state index is 13.7. The summed E-state index contributed by atoms with van der Waals surface area (Å²) in [7, 11) is -2.28. The first-order valence-electron chi connectivity index (χ1n) is 11.6. The van der Waals surface area contributed by atoms with Gasteiger partial charge in [0, 0.05) is 27.7 Å². The molecule has 0 N–H and O–H groups in total. The summed E-state index contributed by atoms with van der Waals surface area (Å²) in [4.78, 5) is 6.53. The lowest BCUT2D eigenvalue weighted by atomic mass is 9.95. The van der Waals surface area contributed by atoms with Gasteiger partial charge >= 0.3 is 0 Å². The standard InChI is InChI=1S/C29H25ClN2O3S2/c1-18-10-13-22(14-11-18)37(33,34)32-17-25(36-21-8-6-5-7-9-21)27-28(30)23(16-31-29(27)32)26-19(2)12-15-24(35-4)20(26)3/h5-17H,1-4H3. The van der Waals surface area contributed by atoms with Crippen molar-refractivity contribution in [2.75, 3.05) is 7.11 Å². The molecule has 0 atom stereocenters. The number of ether oxygens (including phenoxy) is 1. The van der Waals surface area contributed by atoms with Gasteiger partial charge in [0.2, 0.25) is 0 Å². The van der Waals surface area contributed by atoms with Crippen LogP contribution in [0.2, 0.25) is 5.02 Å². The van der Waals surface area contributed by atoms with Gasteiger partial charge in [-0.2, -0.15) is 0 Å². The number of hydrogen-bond acceptors (Lipinski definition) is 5. The number of nitrogens with zero attached hydrogens (tertiary/aromatic N) is 2.